The molecule has 1 aromatic rings. The second-order valence-electron chi connectivity index (χ2n) is 7.65. The van der Waals surface area contributed by atoms with Crippen LogP contribution in [0, 0.1) is 0 Å². The van der Waals surface area contributed by atoms with Gasteiger partial charge in [-0.25, -0.2) is 4.99 Å². The topological polar surface area (TPSA) is 51.2 Å². The molecule has 8 heteroatoms. The van der Waals surface area contributed by atoms with Crippen molar-refractivity contribution in [1.29, 1.82) is 0 Å². The number of halogens is 1. The van der Waals surface area contributed by atoms with Crippen LogP contribution in [0.5, 0.6) is 0 Å². The summed E-state index contributed by atoms with van der Waals surface area (Å²) in [6, 6.07) is 11.1. The smallest absolute Gasteiger partial charge is 0.243 e. The number of thioether (sulfide) groups is 1. The van der Waals surface area contributed by atoms with E-state index in [1.807, 2.05) is 17.8 Å². The van der Waals surface area contributed by atoms with Crippen LogP contribution in [-0.2, 0) is 4.79 Å². The van der Waals surface area contributed by atoms with Crippen LogP contribution < -0.4 is 5.32 Å². The average Bonchev–Trinajstić information content (AvgIpc) is 3.39. The van der Waals surface area contributed by atoms with E-state index in [0.717, 1.165) is 31.3 Å². The van der Waals surface area contributed by atoms with E-state index in [9.17, 15) is 4.79 Å². The molecule has 0 aliphatic carbocycles. The van der Waals surface area contributed by atoms with Gasteiger partial charge in [0, 0.05) is 50.4 Å². The molecular weight excluding hydrogens is 497 g/mol. The third-order valence-electron chi connectivity index (χ3n) is 5.38. The first-order valence-electron chi connectivity index (χ1n) is 10.3. The molecule has 2 aliphatic heterocycles. The Labute approximate surface area is 196 Å². The lowest BCUT2D eigenvalue weighted by atomic mass is 10.2. The molecule has 1 atom stereocenters. The zero-order valence-corrected chi connectivity index (χ0v) is 20.7. The number of likely N-dealkylation sites (tertiary alicyclic amines) is 2. The van der Waals surface area contributed by atoms with E-state index in [4.69, 9.17) is 0 Å². The van der Waals surface area contributed by atoms with Gasteiger partial charge in [0.2, 0.25) is 5.91 Å². The molecule has 0 radical (unpaired) electrons. The molecule has 29 heavy (non-hydrogen) atoms. The summed E-state index contributed by atoms with van der Waals surface area (Å²) in [5, 5.41) is 3.50. The van der Waals surface area contributed by atoms with Crippen molar-refractivity contribution < 1.29 is 4.79 Å². The van der Waals surface area contributed by atoms with E-state index >= 15 is 0 Å². The number of amides is 1. The minimum absolute atomic E-state index is 0. The number of carbonyl (C=O) groups excluding carboxylic acids is 1. The normalized spacial score (nSPS) is 19.9. The number of benzene rings is 1. The van der Waals surface area contributed by atoms with Crippen LogP contribution >= 0.6 is 35.7 Å². The Hall–Kier alpha value is -1.000. The Bertz CT molecular complexity index is 652. The Balaban J connectivity index is 0.00000300. The summed E-state index contributed by atoms with van der Waals surface area (Å²) < 4.78 is 0. The van der Waals surface area contributed by atoms with Gasteiger partial charge in [-0.15, -0.1) is 35.7 Å². The summed E-state index contributed by atoms with van der Waals surface area (Å²) in [5.74, 6) is 1.88. The van der Waals surface area contributed by atoms with Crippen molar-refractivity contribution in [3.8, 4) is 0 Å². The van der Waals surface area contributed by atoms with Crippen molar-refractivity contribution >= 4 is 47.6 Å². The van der Waals surface area contributed by atoms with E-state index in [-0.39, 0.29) is 36.4 Å². The SMILES string of the molecule is CN(C)C(=O)CN=C(NCCSc1ccccc1)N1CCC(N2CCCC2)C1.I. The number of likely N-dealkylation sites (N-methyl/N-ethyl adjacent to an activating group) is 1. The molecule has 2 saturated heterocycles. The molecule has 1 N–H and O–H groups in total. The van der Waals surface area contributed by atoms with Crippen molar-refractivity contribution in [2.24, 2.45) is 4.99 Å². The van der Waals surface area contributed by atoms with E-state index in [1.165, 1.54) is 37.2 Å². The lowest BCUT2D eigenvalue weighted by Crippen LogP contribution is -2.44. The molecule has 1 amide bonds. The fourth-order valence-electron chi connectivity index (χ4n) is 3.74. The predicted octanol–water partition coefficient (Wildman–Crippen LogP) is 2.60. The predicted molar refractivity (Wildman–Crippen MR) is 132 cm³/mol. The zero-order chi connectivity index (χ0) is 19.8. The number of hydrogen-bond donors (Lipinski definition) is 1. The molecule has 1 unspecified atom stereocenters. The fourth-order valence-corrected chi connectivity index (χ4v) is 4.53. The highest BCUT2D eigenvalue weighted by molar-refractivity contribution is 14.0. The van der Waals surface area contributed by atoms with Gasteiger partial charge in [-0.3, -0.25) is 9.69 Å². The molecule has 1 aromatic carbocycles. The van der Waals surface area contributed by atoms with Gasteiger partial charge in [0.05, 0.1) is 0 Å². The molecule has 0 spiro atoms. The summed E-state index contributed by atoms with van der Waals surface area (Å²) in [7, 11) is 3.56. The largest absolute Gasteiger partial charge is 0.355 e. The highest BCUT2D eigenvalue weighted by Crippen LogP contribution is 2.20. The van der Waals surface area contributed by atoms with Crippen molar-refractivity contribution in [3.05, 3.63) is 30.3 Å². The maximum atomic E-state index is 12.0. The van der Waals surface area contributed by atoms with Gasteiger partial charge in [-0.1, -0.05) is 18.2 Å². The maximum Gasteiger partial charge on any atom is 0.243 e. The highest BCUT2D eigenvalue weighted by atomic mass is 127. The minimum Gasteiger partial charge on any atom is -0.355 e. The molecule has 162 valence electrons. The second kappa shape index (κ2) is 12.6. The number of guanidine groups is 1. The number of nitrogens with zero attached hydrogens (tertiary/aromatic N) is 4. The molecule has 0 bridgehead atoms. The Morgan fingerprint density at radius 3 is 2.62 bits per heavy atom. The molecule has 2 fully saturated rings. The fraction of sp³-hybridized carbons (Fsp3) is 0.619. The monoisotopic (exact) mass is 531 g/mol. The molecule has 3 rings (SSSR count). The summed E-state index contributed by atoms with van der Waals surface area (Å²) in [4.78, 5) is 24.5. The Morgan fingerprint density at radius 1 is 1.21 bits per heavy atom. The first kappa shape index (κ1) is 24.3. The van der Waals surface area contributed by atoms with Gasteiger partial charge in [0.25, 0.3) is 0 Å². The van der Waals surface area contributed by atoms with Gasteiger partial charge >= 0.3 is 0 Å². The van der Waals surface area contributed by atoms with Crippen LogP contribution in [0.25, 0.3) is 0 Å². The lowest BCUT2D eigenvalue weighted by Gasteiger charge is -2.25. The lowest BCUT2D eigenvalue weighted by molar-refractivity contribution is -0.127. The summed E-state index contributed by atoms with van der Waals surface area (Å²) in [5.41, 5.74) is 0. The second-order valence-corrected chi connectivity index (χ2v) is 8.82. The minimum atomic E-state index is 0. The van der Waals surface area contributed by atoms with E-state index in [2.05, 4.69) is 44.4 Å². The standard InChI is InChI=1S/C21H33N5OS.HI/c1-24(2)20(27)16-23-21(22-11-15-28-19-8-4-3-5-9-19)26-14-10-18(17-26)25-12-6-7-13-25;/h3-5,8-9,18H,6-7,10-17H2,1-2H3,(H,22,23);1H. The number of carbonyl (C=O) groups is 1. The van der Waals surface area contributed by atoms with Crippen LogP contribution in [0.2, 0.25) is 0 Å². The third kappa shape index (κ3) is 7.64. The Kier molecular flexibility index (Phi) is 10.6. The number of hydrogen-bond acceptors (Lipinski definition) is 4. The first-order chi connectivity index (χ1) is 13.6. The van der Waals surface area contributed by atoms with Crippen LogP contribution in [0.4, 0.5) is 0 Å². The number of rotatable bonds is 7. The maximum absolute atomic E-state index is 12.0. The molecular formula is C21H34IN5OS. The first-order valence-corrected chi connectivity index (χ1v) is 11.3. The zero-order valence-electron chi connectivity index (χ0n) is 17.5. The van der Waals surface area contributed by atoms with Crippen molar-refractivity contribution in [1.82, 2.24) is 20.0 Å². The van der Waals surface area contributed by atoms with Crippen LogP contribution in [0.15, 0.2) is 40.2 Å². The van der Waals surface area contributed by atoms with E-state index < -0.39 is 0 Å². The summed E-state index contributed by atoms with van der Waals surface area (Å²) in [6.07, 6.45) is 3.83. The molecule has 2 aliphatic rings. The molecule has 0 aromatic heterocycles. The van der Waals surface area contributed by atoms with Gasteiger partial charge in [0.1, 0.15) is 6.54 Å². The average molecular weight is 532 g/mol. The molecule has 0 saturated carbocycles. The highest BCUT2D eigenvalue weighted by Gasteiger charge is 2.30. The van der Waals surface area contributed by atoms with Crippen molar-refractivity contribution in [3.63, 3.8) is 0 Å². The quantitative estimate of drug-likeness (QED) is 0.193. The molecule has 2 heterocycles. The van der Waals surface area contributed by atoms with Gasteiger partial charge < -0.3 is 15.1 Å². The van der Waals surface area contributed by atoms with Crippen LogP contribution in [-0.4, -0.2) is 91.7 Å². The van der Waals surface area contributed by atoms with Gasteiger partial charge in [-0.05, 0) is 44.5 Å². The Morgan fingerprint density at radius 2 is 1.93 bits per heavy atom. The van der Waals surface area contributed by atoms with Crippen LogP contribution in [0.1, 0.15) is 19.3 Å². The van der Waals surface area contributed by atoms with Crippen LogP contribution in [0.3, 0.4) is 0 Å². The van der Waals surface area contributed by atoms with Gasteiger partial charge in [-0.2, -0.15) is 0 Å². The third-order valence-corrected chi connectivity index (χ3v) is 6.39. The summed E-state index contributed by atoms with van der Waals surface area (Å²) >= 11 is 1.84. The van der Waals surface area contributed by atoms with E-state index in [1.54, 1.807) is 19.0 Å². The van der Waals surface area contributed by atoms with E-state index in [0.29, 0.717) is 6.04 Å². The summed E-state index contributed by atoms with van der Waals surface area (Å²) in [6.45, 7) is 5.50. The van der Waals surface area contributed by atoms with Crippen molar-refractivity contribution in [2.45, 2.75) is 30.2 Å². The molecule has 6 nitrogen and oxygen atoms in total. The van der Waals surface area contributed by atoms with Crippen molar-refractivity contribution in [2.75, 3.05) is 59.1 Å². The van der Waals surface area contributed by atoms with Gasteiger partial charge in [0.15, 0.2) is 5.96 Å². The number of nitrogens with one attached hydrogen (secondary N) is 1. The number of aliphatic imine (C=N–C) groups is 1.